The van der Waals surface area contributed by atoms with E-state index in [1.807, 2.05) is 48.3 Å². The van der Waals surface area contributed by atoms with Crippen molar-refractivity contribution in [3.63, 3.8) is 0 Å². The Labute approximate surface area is 146 Å². The minimum atomic E-state index is -0.823. The Bertz CT molecular complexity index is 735. The molecular formula is C18H23N5O2. The van der Waals surface area contributed by atoms with Crippen LogP contribution in [0.3, 0.4) is 0 Å². The Morgan fingerprint density at radius 1 is 1.20 bits per heavy atom. The van der Waals surface area contributed by atoms with Gasteiger partial charge in [0.1, 0.15) is 6.04 Å². The van der Waals surface area contributed by atoms with Gasteiger partial charge in [-0.2, -0.15) is 5.10 Å². The molecule has 1 aliphatic heterocycles. The Morgan fingerprint density at radius 2 is 1.88 bits per heavy atom. The molecular weight excluding hydrogens is 318 g/mol. The third-order valence-corrected chi connectivity index (χ3v) is 4.78. The van der Waals surface area contributed by atoms with E-state index in [0.29, 0.717) is 5.92 Å². The van der Waals surface area contributed by atoms with Crippen LogP contribution in [0.5, 0.6) is 0 Å². The van der Waals surface area contributed by atoms with E-state index >= 15 is 0 Å². The lowest BCUT2D eigenvalue weighted by molar-refractivity contribution is -0.126. The molecule has 1 aliphatic rings. The van der Waals surface area contributed by atoms with Crippen molar-refractivity contribution in [1.82, 2.24) is 20.0 Å². The number of hydrogen-bond acceptors (Lipinski definition) is 4. The van der Waals surface area contributed by atoms with Gasteiger partial charge in [0.2, 0.25) is 5.91 Å². The number of nitrogens with two attached hydrogens (primary N) is 1. The predicted molar refractivity (Wildman–Crippen MR) is 93.7 cm³/mol. The highest BCUT2D eigenvalue weighted by Gasteiger charge is 2.32. The van der Waals surface area contributed by atoms with Gasteiger partial charge in [-0.1, -0.05) is 30.3 Å². The summed E-state index contributed by atoms with van der Waals surface area (Å²) in [6.07, 6.45) is 3.69. The first-order chi connectivity index (χ1) is 12.1. The van der Waals surface area contributed by atoms with Crippen molar-refractivity contribution in [3.8, 4) is 0 Å². The largest absolute Gasteiger partial charge is 0.351 e. The first-order valence-electron chi connectivity index (χ1n) is 8.43. The minimum Gasteiger partial charge on any atom is -0.351 e. The highest BCUT2D eigenvalue weighted by Crippen LogP contribution is 2.32. The molecule has 3 amide bonds. The molecule has 7 heteroatoms. The molecule has 1 saturated heterocycles. The van der Waals surface area contributed by atoms with Gasteiger partial charge in [-0.15, -0.1) is 0 Å². The van der Waals surface area contributed by atoms with Crippen LogP contribution in [0.25, 0.3) is 0 Å². The maximum atomic E-state index is 12.5. The molecule has 0 aliphatic carbocycles. The molecule has 0 saturated carbocycles. The maximum Gasteiger partial charge on any atom is 0.318 e. The third kappa shape index (κ3) is 3.88. The first kappa shape index (κ1) is 17.2. The molecule has 1 atom stereocenters. The number of urea groups is 1. The zero-order valence-corrected chi connectivity index (χ0v) is 14.3. The van der Waals surface area contributed by atoms with E-state index in [2.05, 4.69) is 21.4 Å². The summed E-state index contributed by atoms with van der Waals surface area (Å²) in [7, 11) is 1.95. The Hall–Kier alpha value is -2.67. The number of rotatable bonds is 4. The fourth-order valence-electron chi connectivity index (χ4n) is 3.59. The number of nitrogens with zero attached hydrogens (tertiary/aromatic N) is 3. The van der Waals surface area contributed by atoms with Crippen LogP contribution < -0.4 is 11.1 Å². The van der Waals surface area contributed by atoms with Gasteiger partial charge in [-0.25, -0.2) is 4.79 Å². The monoisotopic (exact) mass is 341 g/mol. The number of hydrogen-bond donors (Lipinski definition) is 2. The van der Waals surface area contributed by atoms with Gasteiger partial charge in [0.25, 0.3) is 0 Å². The maximum absolute atomic E-state index is 12.5. The quantitative estimate of drug-likeness (QED) is 0.882. The molecule has 0 spiro atoms. The number of carbonyl (C=O) groups excluding carboxylic acids is 2. The van der Waals surface area contributed by atoms with Crippen LogP contribution in [0.2, 0.25) is 0 Å². The molecule has 25 heavy (non-hydrogen) atoms. The van der Waals surface area contributed by atoms with E-state index in [1.54, 1.807) is 0 Å². The summed E-state index contributed by atoms with van der Waals surface area (Å²) in [5.74, 6) is 0.0528. The third-order valence-electron chi connectivity index (χ3n) is 4.78. The van der Waals surface area contributed by atoms with E-state index in [0.717, 1.165) is 31.5 Å². The molecule has 1 unspecified atom stereocenters. The fraction of sp³-hybridized carbons (Fsp3) is 0.389. The smallest absolute Gasteiger partial charge is 0.318 e. The van der Waals surface area contributed by atoms with Gasteiger partial charge < -0.3 is 5.73 Å². The van der Waals surface area contributed by atoms with Crippen molar-refractivity contribution in [2.75, 3.05) is 13.1 Å². The number of amides is 3. The molecule has 132 valence electrons. The van der Waals surface area contributed by atoms with E-state index in [9.17, 15) is 9.59 Å². The minimum absolute atomic E-state index is 0.377. The van der Waals surface area contributed by atoms with E-state index in [4.69, 9.17) is 5.73 Å². The topological polar surface area (TPSA) is 93.2 Å². The summed E-state index contributed by atoms with van der Waals surface area (Å²) >= 11 is 0. The molecule has 2 heterocycles. The number of carbonyl (C=O) groups is 2. The Balaban J connectivity index is 1.75. The molecule has 0 radical (unpaired) electrons. The number of aryl methyl sites for hydroxylation is 1. The lowest BCUT2D eigenvalue weighted by atomic mass is 9.91. The van der Waals surface area contributed by atoms with Gasteiger partial charge in [-0.3, -0.25) is 19.7 Å². The second-order valence-electron chi connectivity index (χ2n) is 6.36. The SMILES string of the molecule is Cn1nccc1C1CCN(C(C(=O)NC(N)=O)c2ccccc2)CC1. The average Bonchev–Trinajstić information content (AvgIpc) is 3.02. The van der Waals surface area contributed by atoms with Gasteiger partial charge >= 0.3 is 6.03 Å². The van der Waals surface area contributed by atoms with E-state index < -0.39 is 12.1 Å². The number of primary amides is 1. The number of piperidine rings is 1. The lowest BCUT2D eigenvalue weighted by Crippen LogP contribution is -2.47. The standard InChI is InChI=1S/C18H23N5O2/c1-22-15(7-10-20-22)13-8-11-23(12-9-13)16(17(24)21-18(19)25)14-5-3-2-4-6-14/h2-7,10,13,16H,8-9,11-12H2,1H3,(H3,19,21,24,25). The zero-order valence-electron chi connectivity index (χ0n) is 14.3. The molecule has 3 N–H and O–H groups in total. The first-order valence-corrected chi connectivity index (χ1v) is 8.43. The summed E-state index contributed by atoms with van der Waals surface area (Å²) in [5, 5.41) is 6.47. The molecule has 1 fully saturated rings. The number of aromatic nitrogens is 2. The van der Waals surface area contributed by atoms with Crippen LogP contribution in [0.1, 0.15) is 36.1 Å². The second kappa shape index (κ2) is 7.48. The summed E-state index contributed by atoms with van der Waals surface area (Å²) < 4.78 is 1.91. The predicted octanol–water partition coefficient (Wildman–Crippen LogP) is 1.54. The van der Waals surface area contributed by atoms with E-state index in [-0.39, 0.29) is 5.91 Å². The molecule has 0 bridgehead atoms. The molecule has 3 rings (SSSR count). The van der Waals surface area contributed by atoms with Gasteiger partial charge in [0.15, 0.2) is 0 Å². The number of imide groups is 1. The van der Waals surface area contributed by atoms with Crippen LogP contribution >= 0.6 is 0 Å². The normalized spacial score (nSPS) is 17.2. The van der Waals surface area contributed by atoms with Crippen LogP contribution in [-0.2, 0) is 11.8 Å². The lowest BCUT2D eigenvalue weighted by Gasteiger charge is -2.36. The van der Waals surface area contributed by atoms with E-state index in [1.165, 1.54) is 5.69 Å². The van der Waals surface area contributed by atoms with Crippen LogP contribution in [-0.4, -0.2) is 39.7 Å². The fourth-order valence-corrected chi connectivity index (χ4v) is 3.59. The van der Waals surface area contributed by atoms with Crippen molar-refractivity contribution < 1.29 is 9.59 Å². The highest BCUT2D eigenvalue weighted by atomic mass is 16.2. The van der Waals surface area contributed by atoms with Crippen molar-refractivity contribution in [2.24, 2.45) is 12.8 Å². The molecule has 7 nitrogen and oxygen atoms in total. The van der Waals surface area contributed by atoms with Crippen molar-refractivity contribution in [3.05, 3.63) is 53.9 Å². The van der Waals surface area contributed by atoms with Crippen molar-refractivity contribution in [2.45, 2.75) is 24.8 Å². The number of likely N-dealkylation sites (tertiary alicyclic amines) is 1. The molecule has 1 aromatic carbocycles. The summed E-state index contributed by atoms with van der Waals surface area (Å²) in [6, 6.07) is 10.2. The zero-order chi connectivity index (χ0) is 17.8. The summed E-state index contributed by atoms with van der Waals surface area (Å²) in [6.45, 7) is 1.53. The van der Waals surface area contributed by atoms with Gasteiger partial charge in [-0.05, 0) is 37.6 Å². The highest BCUT2D eigenvalue weighted by molar-refractivity contribution is 5.96. The van der Waals surface area contributed by atoms with Crippen LogP contribution in [0.4, 0.5) is 4.79 Å². The Morgan fingerprint density at radius 3 is 2.44 bits per heavy atom. The summed E-state index contributed by atoms with van der Waals surface area (Å²) in [4.78, 5) is 25.8. The summed E-state index contributed by atoms with van der Waals surface area (Å²) in [5.41, 5.74) is 7.22. The van der Waals surface area contributed by atoms with Crippen LogP contribution in [0.15, 0.2) is 42.6 Å². The number of benzene rings is 1. The van der Waals surface area contributed by atoms with Crippen molar-refractivity contribution in [1.29, 1.82) is 0 Å². The molecule has 1 aromatic heterocycles. The average molecular weight is 341 g/mol. The van der Waals surface area contributed by atoms with Crippen molar-refractivity contribution >= 4 is 11.9 Å². The Kier molecular flexibility index (Phi) is 5.14. The van der Waals surface area contributed by atoms with Crippen LogP contribution in [0, 0.1) is 0 Å². The van der Waals surface area contributed by atoms with Gasteiger partial charge in [0, 0.05) is 24.9 Å². The van der Waals surface area contributed by atoms with Gasteiger partial charge in [0.05, 0.1) is 0 Å². The number of nitrogens with one attached hydrogen (secondary N) is 1. The second-order valence-corrected chi connectivity index (χ2v) is 6.36. The molecule has 2 aromatic rings.